The second-order valence-corrected chi connectivity index (χ2v) is 7.13. The van der Waals surface area contributed by atoms with Crippen molar-refractivity contribution >= 4 is 11.6 Å². The summed E-state index contributed by atoms with van der Waals surface area (Å²) in [7, 11) is 0. The summed E-state index contributed by atoms with van der Waals surface area (Å²) in [5, 5.41) is 0. The van der Waals surface area contributed by atoms with Gasteiger partial charge in [0.1, 0.15) is 23.7 Å². The van der Waals surface area contributed by atoms with Crippen molar-refractivity contribution in [2.45, 2.75) is 73.5 Å². The minimum Gasteiger partial charge on any atom is -0.493 e. The lowest BCUT2D eigenvalue weighted by molar-refractivity contribution is -0.137. The molecule has 0 amide bonds. The van der Waals surface area contributed by atoms with Crippen molar-refractivity contribution in [1.82, 2.24) is 0 Å². The minimum absolute atomic E-state index is 0.0489. The molecule has 4 unspecified atom stereocenters. The second-order valence-electron chi connectivity index (χ2n) is 7.13. The van der Waals surface area contributed by atoms with Gasteiger partial charge in [-0.25, -0.2) is 0 Å². The molecule has 0 N–H and O–H groups in total. The standard InChI is InChI=1S/C20H30O4/c1-8-15-10(3)17(21)12(5)19(23-15)14(7)20-13(6)18(22)11(4)16(9-2)24-20/h12-14,19-20H,8-9H2,1-7H3. The Labute approximate surface area is 145 Å². The van der Waals surface area contributed by atoms with Crippen LogP contribution in [0, 0.1) is 17.8 Å². The molecule has 0 radical (unpaired) electrons. The van der Waals surface area contributed by atoms with Gasteiger partial charge in [-0.1, -0.05) is 34.6 Å². The first-order valence-corrected chi connectivity index (χ1v) is 9.05. The molecule has 0 aromatic carbocycles. The Morgan fingerprint density at radius 3 is 1.46 bits per heavy atom. The van der Waals surface area contributed by atoms with Crippen LogP contribution in [0.15, 0.2) is 22.7 Å². The summed E-state index contributed by atoms with van der Waals surface area (Å²) in [5.41, 5.74) is 1.46. The van der Waals surface area contributed by atoms with E-state index in [9.17, 15) is 9.59 Å². The highest BCUT2D eigenvalue weighted by molar-refractivity contribution is 5.98. The van der Waals surface area contributed by atoms with E-state index < -0.39 is 0 Å². The molecule has 0 aromatic heterocycles. The number of carbonyl (C=O) groups is 2. The Balaban J connectivity index is 2.30. The highest BCUT2D eigenvalue weighted by Gasteiger charge is 2.45. The molecule has 0 aromatic rings. The molecule has 134 valence electrons. The first kappa shape index (κ1) is 18.8. The van der Waals surface area contributed by atoms with Crippen molar-refractivity contribution < 1.29 is 19.1 Å². The molecule has 0 saturated heterocycles. The molecule has 24 heavy (non-hydrogen) atoms. The van der Waals surface area contributed by atoms with E-state index in [4.69, 9.17) is 9.47 Å². The number of carbonyl (C=O) groups excluding carboxylic acids is 2. The lowest BCUT2D eigenvalue weighted by Crippen LogP contribution is -2.48. The number of allylic oxidation sites excluding steroid dienone is 4. The van der Waals surface area contributed by atoms with Gasteiger partial charge in [0.05, 0.1) is 11.8 Å². The molecule has 4 heteroatoms. The summed E-state index contributed by atoms with van der Waals surface area (Å²) in [6.45, 7) is 13.5. The predicted molar refractivity (Wildman–Crippen MR) is 93.2 cm³/mol. The van der Waals surface area contributed by atoms with E-state index >= 15 is 0 Å². The van der Waals surface area contributed by atoms with Gasteiger partial charge in [0.15, 0.2) is 11.6 Å². The van der Waals surface area contributed by atoms with Gasteiger partial charge < -0.3 is 9.47 Å². The quantitative estimate of drug-likeness (QED) is 0.773. The normalized spacial score (nSPS) is 32.6. The van der Waals surface area contributed by atoms with E-state index in [1.54, 1.807) is 0 Å². The molecule has 0 bridgehead atoms. The fraction of sp³-hybridized carbons (Fsp3) is 0.700. The summed E-state index contributed by atoms with van der Waals surface area (Å²) >= 11 is 0. The number of hydrogen-bond acceptors (Lipinski definition) is 4. The van der Waals surface area contributed by atoms with Crippen molar-refractivity contribution in [3.05, 3.63) is 22.7 Å². The Bertz CT molecular complexity index is 547. The van der Waals surface area contributed by atoms with Gasteiger partial charge in [-0.3, -0.25) is 9.59 Å². The summed E-state index contributed by atoms with van der Waals surface area (Å²) in [4.78, 5) is 25.1. The maximum Gasteiger partial charge on any atom is 0.168 e. The average Bonchev–Trinajstić information content (AvgIpc) is 2.58. The molecular weight excluding hydrogens is 304 g/mol. The first-order chi connectivity index (χ1) is 11.2. The highest BCUT2D eigenvalue weighted by atomic mass is 16.5. The van der Waals surface area contributed by atoms with Crippen molar-refractivity contribution in [3.8, 4) is 0 Å². The lowest BCUT2D eigenvalue weighted by Gasteiger charge is -2.41. The topological polar surface area (TPSA) is 52.6 Å². The Morgan fingerprint density at radius 1 is 0.833 bits per heavy atom. The van der Waals surface area contributed by atoms with Crippen molar-refractivity contribution in [2.24, 2.45) is 17.8 Å². The number of hydrogen-bond donors (Lipinski definition) is 0. The largest absolute Gasteiger partial charge is 0.493 e. The molecule has 4 nitrogen and oxygen atoms in total. The minimum atomic E-state index is -0.257. The lowest BCUT2D eigenvalue weighted by atomic mass is 9.77. The monoisotopic (exact) mass is 334 g/mol. The van der Waals surface area contributed by atoms with Crippen LogP contribution in [0.25, 0.3) is 0 Å². The van der Waals surface area contributed by atoms with Gasteiger partial charge in [-0.15, -0.1) is 0 Å². The maximum atomic E-state index is 12.6. The maximum absolute atomic E-state index is 12.6. The van der Waals surface area contributed by atoms with Gasteiger partial charge in [-0.05, 0) is 13.8 Å². The Hall–Kier alpha value is -1.58. The van der Waals surface area contributed by atoms with Crippen LogP contribution in [-0.2, 0) is 19.1 Å². The zero-order valence-electron chi connectivity index (χ0n) is 15.9. The van der Waals surface area contributed by atoms with Gasteiger partial charge in [0.25, 0.3) is 0 Å². The fourth-order valence-electron chi connectivity index (χ4n) is 3.97. The van der Waals surface area contributed by atoms with Crippen LogP contribution in [0.4, 0.5) is 0 Å². The van der Waals surface area contributed by atoms with Crippen LogP contribution in [0.3, 0.4) is 0 Å². The molecule has 0 spiro atoms. The van der Waals surface area contributed by atoms with Gasteiger partial charge >= 0.3 is 0 Å². The van der Waals surface area contributed by atoms with Gasteiger partial charge in [0, 0.05) is 29.9 Å². The molecule has 0 aliphatic carbocycles. The molecule has 0 fully saturated rings. The Kier molecular flexibility index (Phi) is 5.56. The highest BCUT2D eigenvalue weighted by Crippen LogP contribution is 2.38. The average molecular weight is 334 g/mol. The van der Waals surface area contributed by atoms with E-state index in [-0.39, 0.29) is 41.5 Å². The zero-order chi connectivity index (χ0) is 18.2. The van der Waals surface area contributed by atoms with E-state index in [1.807, 2.05) is 48.5 Å². The van der Waals surface area contributed by atoms with Crippen LogP contribution in [0.2, 0.25) is 0 Å². The molecule has 2 aliphatic rings. The molecule has 2 aliphatic heterocycles. The Morgan fingerprint density at radius 2 is 1.17 bits per heavy atom. The second kappa shape index (κ2) is 7.12. The third-order valence-electron chi connectivity index (χ3n) is 5.62. The molecule has 4 atom stereocenters. The van der Waals surface area contributed by atoms with Crippen molar-refractivity contribution in [3.63, 3.8) is 0 Å². The number of ether oxygens (including phenoxy) is 2. The molecular formula is C20H30O4. The van der Waals surface area contributed by atoms with Gasteiger partial charge in [0.2, 0.25) is 0 Å². The predicted octanol–water partition coefficient (Wildman–Crippen LogP) is 4.20. The van der Waals surface area contributed by atoms with Crippen molar-refractivity contribution in [1.29, 1.82) is 0 Å². The smallest absolute Gasteiger partial charge is 0.168 e. The summed E-state index contributed by atoms with van der Waals surface area (Å²) in [6.07, 6.45) is 0.889. The summed E-state index contributed by atoms with van der Waals surface area (Å²) < 4.78 is 12.4. The van der Waals surface area contributed by atoms with E-state index in [0.29, 0.717) is 12.8 Å². The SMILES string of the molecule is CCC1=C(C)C(=O)C(C)C(C(C)C2OC(CC)=C(C)C(=O)C2C)O1. The van der Waals surface area contributed by atoms with E-state index in [2.05, 4.69) is 0 Å². The molecule has 0 saturated carbocycles. The summed E-state index contributed by atoms with van der Waals surface area (Å²) in [6, 6.07) is 0. The number of Topliss-reactive ketones (excluding diaryl/α,β-unsaturated/α-hetero) is 2. The van der Waals surface area contributed by atoms with E-state index in [1.165, 1.54) is 0 Å². The molecule has 2 rings (SSSR count). The fourth-order valence-corrected chi connectivity index (χ4v) is 3.97. The van der Waals surface area contributed by atoms with Crippen LogP contribution in [-0.4, -0.2) is 23.8 Å². The third-order valence-corrected chi connectivity index (χ3v) is 5.62. The van der Waals surface area contributed by atoms with Crippen LogP contribution in [0.1, 0.15) is 61.3 Å². The van der Waals surface area contributed by atoms with Gasteiger partial charge in [-0.2, -0.15) is 0 Å². The zero-order valence-corrected chi connectivity index (χ0v) is 15.9. The van der Waals surface area contributed by atoms with E-state index in [0.717, 1.165) is 22.7 Å². The molecule has 2 heterocycles. The number of rotatable bonds is 4. The number of ketones is 2. The van der Waals surface area contributed by atoms with Crippen molar-refractivity contribution in [2.75, 3.05) is 0 Å². The first-order valence-electron chi connectivity index (χ1n) is 9.05. The van der Waals surface area contributed by atoms with Crippen LogP contribution in [0.5, 0.6) is 0 Å². The van der Waals surface area contributed by atoms with Crippen LogP contribution < -0.4 is 0 Å². The third kappa shape index (κ3) is 3.03. The van der Waals surface area contributed by atoms with Crippen LogP contribution >= 0.6 is 0 Å². The summed E-state index contributed by atoms with van der Waals surface area (Å²) in [5.74, 6) is 1.34.